The van der Waals surface area contributed by atoms with E-state index in [1.165, 1.54) is 36.0 Å². The van der Waals surface area contributed by atoms with E-state index in [9.17, 15) is 0 Å². The third kappa shape index (κ3) is 33.5. The van der Waals surface area contributed by atoms with E-state index in [2.05, 4.69) is 143 Å². The molecule has 0 aliphatic rings. The van der Waals surface area contributed by atoms with Gasteiger partial charge in [0.05, 0.1) is 0 Å². The first-order valence-corrected chi connectivity index (χ1v) is 47.7. The molecule has 0 amide bonds. The van der Waals surface area contributed by atoms with Crippen molar-refractivity contribution in [3.63, 3.8) is 0 Å². The molecule has 0 unspecified atom stereocenters. The van der Waals surface area contributed by atoms with Crippen molar-refractivity contribution in [2.45, 2.75) is 147 Å². The molecule has 0 aliphatic carbocycles. The summed E-state index contributed by atoms with van der Waals surface area (Å²) >= 11 is 0. The third-order valence-corrected chi connectivity index (χ3v) is 22.8. The van der Waals surface area contributed by atoms with Gasteiger partial charge in [0.2, 0.25) is 0 Å². The van der Waals surface area contributed by atoms with Crippen LogP contribution in [0.2, 0.25) is 0 Å². The zero-order chi connectivity index (χ0) is 121. The van der Waals surface area contributed by atoms with E-state index in [-0.39, 0.29) is 99.1 Å². The summed E-state index contributed by atoms with van der Waals surface area (Å²) in [5, 5.41) is 0. The predicted octanol–water partition coefficient (Wildman–Crippen LogP) is 35.2. The summed E-state index contributed by atoms with van der Waals surface area (Å²) < 4.78 is 187. The van der Waals surface area contributed by atoms with Crippen molar-refractivity contribution in [2.75, 3.05) is 0 Å². The predicted molar refractivity (Wildman–Crippen MR) is 604 cm³/mol. The SMILES string of the molecule is [2H]C(C)(C)c1ccnc(-c2[c-]ccc(-c3ccccc3)c2)c1.[2H]C([2H])([2H])c1c[c-]c(-c2cc(C([2H])([2H])c3ccccc3)c(C([2H])([2H])[2H])cn2)cc1.[2H]C([2H])([2H])c1ccc(-c2cnc(-c3[c-]ccc(C(C)(C)C)c3)cc2C([2H])([2H])c2ccccc2)cc1.[2H]C([2H])([2H])c1cnc(-c2[c-]cccc2)cc1C([2H])([2H])C(C)(C)C.[2H]C([2H])(c1ccccc1)c1cc(-c2[c-]ccc(-c3ccccc3)c2)ncc1-c1ccccc1.[2H]C([2H])(c1ccnc(-c2[c-]cc(-c3ccccc3)cc2)c1)C(C)(C)C.[Ir].[Ir].[Ir]. The van der Waals surface area contributed by atoms with Gasteiger partial charge in [-0.15, -0.1) is 207 Å². The molecule has 6 nitrogen and oxygen atoms in total. The fourth-order valence-electron chi connectivity index (χ4n) is 15.4. The van der Waals surface area contributed by atoms with Gasteiger partial charge in [0.25, 0.3) is 0 Å². The van der Waals surface area contributed by atoms with Gasteiger partial charge in [-0.25, -0.2) is 0 Å². The minimum atomic E-state index is -2.54. The normalized spacial score (nSPS) is 14.1. The van der Waals surface area contributed by atoms with Crippen molar-refractivity contribution in [3.8, 4) is 123 Å². The summed E-state index contributed by atoms with van der Waals surface area (Å²) in [6, 6.07) is 142. The molecule has 6 aromatic heterocycles. The largest absolute Gasteiger partial charge is 0.305 e. The first-order valence-electron chi connectivity index (χ1n) is 59.2. The molecular formula is C138H128Ir3N6-6. The maximum atomic E-state index is 9.08. The summed E-state index contributed by atoms with van der Waals surface area (Å²) in [6.07, 6.45) is 0.499. The van der Waals surface area contributed by atoms with Gasteiger partial charge in [-0.1, -0.05) is 389 Å². The van der Waals surface area contributed by atoms with E-state index < -0.39 is 76.0 Å². The summed E-state index contributed by atoms with van der Waals surface area (Å²) in [5.41, 5.74) is 22.4. The average Bonchev–Trinajstić information content (AvgIpc) is 0.759. The van der Waals surface area contributed by atoms with Crippen molar-refractivity contribution in [3.05, 3.63) is 552 Å². The summed E-state index contributed by atoms with van der Waals surface area (Å²) in [4.78, 5) is 26.7. The van der Waals surface area contributed by atoms with Crippen LogP contribution in [-0.2, 0) is 97.6 Å². The van der Waals surface area contributed by atoms with Gasteiger partial charge in [0, 0.05) is 140 Å². The molecule has 0 spiro atoms. The van der Waals surface area contributed by atoms with Crippen LogP contribution in [0.15, 0.2) is 438 Å². The minimum absolute atomic E-state index is 0. The summed E-state index contributed by atoms with van der Waals surface area (Å²) in [7, 11) is 0. The number of nitrogens with zero attached hydrogens (tertiary/aromatic N) is 6. The number of hydrogen-bond donors (Lipinski definition) is 0. The fraction of sp³-hybridized carbons (Fsp3) is 0.174. The van der Waals surface area contributed by atoms with Crippen LogP contribution >= 0.6 is 0 Å². The van der Waals surface area contributed by atoms with Crippen LogP contribution in [0.1, 0.15) is 191 Å². The maximum Gasteiger partial charge on any atom is 0.0366 e. The Balaban J connectivity index is 0.000000179. The van der Waals surface area contributed by atoms with Gasteiger partial charge < -0.3 is 29.9 Å². The van der Waals surface area contributed by atoms with Crippen LogP contribution in [-0.4, -0.2) is 29.9 Å². The Hall–Kier alpha value is -14.1. The third-order valence-electron chi connectivity index (χ3n) is 22.8. The van der Waals surface area contributed by atoms with E-state index in [0.717, 1.165) is 89.9 Å². The number of aromatic nitrogens is 6. The molecule has 0 bridgehead atoms. The molecule has 3 radical (unpaired) electrons. The van der Waals surface area contributed by atoms with Gasteiger partial charge in [0.1, 0.15) is 0 Å². The van der Waals surface area contributed by atoms with Crippen molar-refractivity contribution >= 4 is 0 Å². The second-order valence-electron chi connectivity index (χ2n) is 37.6. The molecular weight excluding hydrogens is 2320 g/mol. The Labute approximate surface area is 947 Å². The van der Waals surface area contributed by atoms with Gasteiger partial charge in [-0.3, -0.25) is 0 Å². The molecule has 14 aromatic carbocycles. The van der Waals surface area contributed by atoms with Gasteiger partial charge in [-0.05, 0) is 188 Å². The van der Waals surface area contributed by atoms with E-state index in [0.29, 0.717) is 78.4 Å². The Bertz CT molecular complexity index is 8560. The van der Waals surface area contributed by atoms with Crippen LogP contribution in [0.25, 0.3) is 123 Å². The molecule has 6 heterocycles. The molecule has 0 atom stereocenters. The number of aryl methyl sites for hydroxylation is 4. The molecule has 147 heavy (non-hydrogen) atoms. The molecule has 0 saturated heterocycles. The van der Waals surface area contributed by atoms with Crippen LogP contribution < -0.4 is 0 Å². The molecule has 743 valence electrons. The number of rotatable bonds is 20. The van der Waals surface area contributed by atoms with Crippen molar-refractivity contribution in [1.29, 1.82) is 0 Å². The number of pyridine rings is 6. The quantitative estimate of drug-likeness (QED) is 0.0708. The summed E-state index contributed by atoms with van der Waals surface area (Å²) in [5.74, 6) is -0.630. The van der Waals surface area contributed by atoms with Crippen LogP contribution in [0.5, 0.6) is 0 Å². The number of hydrogen-bond acceptors (Lipinski definition) is 6. The van der Waals surface area contributed by atoms with Crippen LogP contribution in [0.3, 0.4) is 0 Å². The molecule has 9 heteroatoms. The van der Waals surface area contributed by atoms with Crippen LogP contribution in [0, 0.1) is 74.6 Å². The average molecular weight is 2470 g/mol. The molecule has 0 fully saturated rings. The first kappa shape index (κ1) is 83.0. The molecule has 20 rings (SSSR count). The zero-order valence-corrected chi connectivity index (χ0v) is 90.9. The second-order valence-corrected chi connectivity index (χ2v) is 37.6. The Morgan fingerprint density at radius 3 is 1.10 bits per heavy atom. The standard InChI is InChI=1S/C30H22N.C29H28N.C22H22N.2C20H18N.C17H20N.3Ir/c1-4-11-23(12-5-1)19-28-21-30(31-22-29(28)25-15-8-3-9-16-25)27-18-10-17-26(20-27)24-13-6-2-7-14-24;1-21-13-15-23(16-14-21)27-20-30-28(19-25(27)17-22-9-6-5-7-10-22)24-11-8-12-26(18-24)29(2,3)4;1-22(2,3)16-17-13-14-23-21(15-17)20-11-9-19(10-12-20)18-7-5-4-6-8-18;1-15(2)17-11-12-21-20(14-17)19-10-6-9-18(13-19)16-7-4-3-5-8-16;1-15-8-10-18(11-9-15)20-13-19(16(2)14-21-20)12-17-6-4-3-5-7-17;1-13-12-18-16(14-8-6-5-7-9-14)10-15(13)11-17(2,3)4;;;/h1-17,20-22H,19H2;5-10,12-16,18-20H,17H2,1-4H3;4-11,13-15H,16H2,1-3H3;3-9,11-15H,1-2H3;3-10,13-14H,12H2,1-2H3;5-8,10,12H,11H2,1-4H3;;;/q6*-1;;;/i19D2;1D3,17D2;16D2;15D;1D3,2D3,12D2;1D3,11D2;;;. The van der Waals surface area contributed by atoms with Crippen LogP contribution in [0.4, 0.5) is 0 Å². The van der Waals surface area contributed by atoms with Gasteiger partial charge >= 0.3 is 0 Å². The van der Waals surface area contributed by atoms with E-state index in [1.807, 2.05) is 259 Å². The zero-order valence-electron chi connectivity index (χ0n) is 107. The Morgan fingerprint density at radius 2 is 0.646 bits per heavy atom. The summed E-state index contributed by atoms with van der Waals surface area (Å²) in [6.45, 7) is 11.8. The topological polar surface area (TPSA) is 77.3 Å². The maximum absolute atomic E-state index is 9.08. The fourth-order valence-corrected chi connectivity index (χ4v) is 15.4. The first-order chi connectivity index (χ1) is 78.7. The van der Waals surface area contributed by atoms with E-state index >= 15 is 0 Å². The van der Waals surface area contributed by atoms with Crippen molar-refractivity contribution in [1.82, 2.24) is 29.9 Å². The Morgan fingerprint density at radius 1 is 0.272 bits per heavy atom. The number of benzene rings is 14. The molecule has 0 saturated carbocycles. The second kappa shape index (κ2) is 54.4. The molecule has 0 N–H and O–H groups in total. The smallest absolute Gasteiger partial charge is 0.0366 e. The van der Waals surface area contributed by atoms with Crippen molar-refractivity contribution in [2.24, 2.45) is 10.8 Å². The van der Waals surface area contributed by atoms with Gasteiger partial charge in [0.15, 0.2) is 0 Å². The minimum Gasteiger partial charge on any atom is -0.305 e. The van der Waals surface area contributed by atoms with E-state index in [4.69, 9.17) is 36.5 Å². The monoisotopic (exact) mass is 2470 g/mol. The van der Waals surface area contributed by atoms with Gasteiger partial charge in [-0.2, -0.15) is 0 Å². The van der Waals surface area contributed by atoms with Crippen molar-refractivity contribution < 1.29 is 91.8 Å². The molecule has 20 aromatic rings. The molecule has 0 aliphatic heterocycles. The van der Waals surface area contributed by atoms with E-state index in [1.54, 1.807) is 137 Å². The Kier molecular flexibility index (Phi) is 30.7.